The largest absolute Gasteiger partial charge is 0.333 e. The summed E-state index contributed by atoms with van der Waals surface area (Å²) in [6.45, 7) is 7.23. The monoisotopic (exact) mass is 212 g/mol. The second-order valence-electron chi connectivity index (χ2n) is 3.33. The first-order chi connectivity index (χ1) is 7.08. The molecule has 0 rings (SSSR count). The number of carbonyl (C=O) groups excluding carboxylic acids is 1. The van der Waals surface area contributed by atoms with Crippen LogP contribution in [0.3, 0.4) is 0 Å². The van der Waals surface area contributed by atoms with Gasteiger partial charge in [0.2, 0.25) is 0 Å². The molecule has 0 radical (unpaired) electrons. The predicted molar refractivity (Wildman–Crippen MR) is 56.6 cm³/mol. The molecule has 0 aliphatic carbocycles. The third kappa shape index (κ3) is 4.11. The summed E-state index contributed by atoms with van der Waals surface area (Å²) in [5.41, 5.74) is 0. The smallest absolute Gasteiger partial charge is 0.282 e. The highest BCUT2D eigenvalue weighted by molar-refractivity contribution is 5.90. The molecule has 0 aliphatic rings. The van der Waals surface area contributed by atoms with Gasteiger partial charge in [0.15, 0.2) is 5.83 Å². The van der Waals surface area contributed by atoms with E-state index in [0.717, 1.165) is 6.42 Å². The van der Waals surface area contributed by atoms with Crippen molar-refractivity contribution in [3.05, 3.63) is 12.4 Å². The van der Waals surface area contributed by atoms with Crippen LogP contribution in [0.1, 0.15) is 33.1 Å². The lowest BCUT2D eigenvalue weighted by Crippen LogP contribution is -2.40. The van der Waals surface area contributed by atoms with Crippen LogP contribution in [0.2, 0.25) is 0 Å². The summed E-state index contributed by atoms with van der Waals surface area (Å²) in [6.07, 6.45) is 1.61. The quantitative estimate of drug-likeness (QED) is 0.634. The van der Waals surface area contributed by atoms with Crippen LogP contribution in [-0.4, -0.2) is 23.4 Å². The van der Waals surface area contributed by atoms with Gasteiger partial charge in [0.1, 0.15) is 0 Å². The van der Waals surface area contributed by atoms with Crippen LogP contribution >= 0.6 is 0 Å². The molecule has 0 spiro atoms. The third-order valence-electron chi connectivity index (χ3n) is 2.20. The van der Waals surface area contributed by atoms with Crippen molar-refractivity contribution >= 4 is 5.91 Å². The van der Waals surface area contributed by atoms with Gasteiger partial charge in [0.25, 0.3) is 5.91 Å². The van der Waals surface area contributed by atoms with Gasteiger partial charge in [-0.05, 0) is 12.8 Å². The van der Waals surface area contributed by atoms with Gasteiger partial charge in [-0.3, -0.25) is 4.79 Å². The van der Waals surface area contributed by atoms with Crippen molar-refractivity contribution in [1.82, 2.24) is 4.90 Å². The lowest BCUT2D eigenvalue weighted by atomic mass is 10.1. The van der Waals surface area contributed by atoms with Crippen molar-refractivity contribution in [2.45, 2.75) is 39.2 Å². The van der Waals surface area contributed by atoms with Crippen molar-refractivity contribution in [3.63, 3.8) is 0 Å². The van der Waals surface area contributed by atoms with Crippen molar-refractivity contribution < 1.29 is 9.18 Å². The Balaban J connectivity index is 4.69. The fourth-order valence-electron chi connectivity index (χ4n) is 1.43. The second-order valence-corrected chi connectivity index (χ2v) is 3.33. The number of carbonyl (C=O) groups is 1. The van der Waals surface area contributed by atoms with Crippen LogP contribution in [-0.2, 0) is 4.79 Å². The van der Waals surface area contributed by atoms with Crippen LogP contribution in [0.4, 0.5) is 4.39 Å². The molecule has 0 N–H and O–H groups in total. The van der Waals surface area contributed by atoms with Crippen molar-refractivity contribution in [1.29, 1.82) is 5.26 Å². The Morgan fingerprint density at radius 1 is 1.60 bits per heavy atom. The fraction of sp³-hybridized carbons (Fsp3) is 0.636. The maximum Gasteiger partial charge on any atom is 0.282 e. The van der Waals surface area contributed by atoms with Gasteiger partial charge in [0.05, 0.1) is 12.5 Å². The molecule has 1 unspecified atom stereocenters. The fourth-order valence-corrected chi connectivity index (χ4v) is 1.43. The highest BCUT2D eigenvalue weighted by atomic mass is 19.1. The Morgan fingerprint density at radius 2 is 2.20 bits per heavy atom. The lowest BCUT2D eigenvalue weighted by Gasteiger charge is -2.28. The van der Waals surface area contributed by atoms with Crippen molar-refractivity contribution in [2.75, 3.05) is 6.54 Å². The van der Waals surface area contributed by atoms with E-state index in [1.807, 2.05) is 19.9 Å². The zero-order valence-corrected chi connectivity index (χ0v) is 9.29. The lowest BCUT2D eigenvalue weighted by molar-refractivity contribution is -0.131. The van der Waals surface area contributed by atoms with Crippen LogP contribution < -0.4 is 0 Å². The Labute approximate surface area is 90.2 Å². The minimum Gasteiger partial charge on any atom is -0.333 e. The van der Waals surface area contributed by atoms with E-state index in [-0.39, 0.29) is 12.5 Å². The summed E-state index contributed by atoms with van der Waals surface area (Å²) >= 11 is 0. The molecule has 0 aromatic heterocycles. The molecule has 1 atom stereocenters. The number of nitrogens with zero attached hydrogens (tertiary/aromatic N) is 2. The zero-order chi connectivity index (χ0) is 11.8. The van der Waals surface area contributed by atoms with Crippen LogP contribution in [0, 0.1) is 11.3 Å². The predicted octanol–water partition coefficient (Wildman–Crippen LogP) is 2.40. The van der Waals surface area contributed by atoms with Crippen molar-refractivity contribution in [3.8, 4) is 6.07 Å². The van der Waals surface area contributed by atoms with Crippen molar-refractivity contribution in [2.24, 2.45) is 0 Å². The average Bonchev–Trinajstić information content (AvgIpc) is 2.22. The average molecular weight is 212 g/mol. The first-order valence-electron chi connectivity index (χ1n) is 5.10. The number of nitriles is 1. The van der Waals surface area contributed by atoms with Crippen LogP contribution in [0.25, 0.3) is 0 Å². The molecule has 0 bridgehead atoms. The van der Waals surface area contributed by atoms with Gasteiger partial charge in [-0.25, -0.2) is 4.39 Å². The minimum absolute atomic E-state index is 0.213. The minimum atomic E-state index is -0.958. The summed E-state index contributed by atoms with van der Waals surface area (Å²) in [7, 11) is 0. The van der Waals surface area contributed by atoms with E-state index in [9.17, 15) is 9.18 Å². The highest BCUT2D eigenvalue weighted by Crippen LogP contribution is 2.13. The Bertz CT molecular complexity index is 270. The molecule has 3 nitrogen and oxygen atoms in total. The Morgan fingerprint density at radius 3 is 2.53 bits per heavy atom. The van der Waals surface area contributed by atoms with Gasteiger partial charge in [-0.15, -0.1) is 0 Å². The summed E-state index contributed by atoms with van der Waals surface area (Å²) in [4.78, 5) is 12.8. The maximum atomic E-state index is 12.7. The van der Waals surface area contributed by atoms with E-state index in [1.54, 1.807) is 0 Å². The second kappa shape index (κ2) is 6.99. The zero-order valence-electron chi connectivity index (χ0n) is 9.29. The first-order valence-corrected chi connectivity index (χ1v) is 5.10. The molecule has 0 fully saturated rings. The van der Waals surface area contributed by atoms with E-state index in [0.29, 0.717) is 13.0 Å². The molecule has 0 heterocycles. The Kier molecular flexibility index (Phi) is 6.35. The van der Waals surface area contributed by atoms with Gasteiger partial charge in [-0.2, -0.15) is 5.26 Å². The summed E-state index contributed by atoms with van der Waals surface area (Å²) < 4.78 is 12.7. The SMILES string of the molecule is C=C(F)C(=O)N(CCC)C(CC)CC#N. The van der Waals surface area contributed by atoms with E-state index >= 15 is 0 Å². The first kappa shape index (κ1) is 13.6. The number of hydrogen-bond acceptors (Lipinski definition) is 2. The maximum absolute atomic E-state index is 12.7. The number of rotatable bonds is 6. The standard InChI is InChI=1S/C11H17FN2O/c1-4-8-14(11(15)9(3)12)10(5-2)6-7-13/h10H,3-6,8H2,1-2H3. The van der Waals surface area contributed by atoms with E-state index < -0.39 is 11.7 Å². The molecule has 0 aliphatic heterocycles. The molecule has 0 saturated heterocycles. The van der Waals surface area contributed by atoms with Gasteiger partial charge >= 0.3 is 0 Å². The third-order valence-corrected chi connectivity index (χ3v) is 2.20. The Hall–Kier alpha value is -1.37. The van der Waals surface area contributed by atoms with Crippen LogP contribution in [0.5, 0.6) is 0 Å². The number of halogens is 1. The number of hydrogen-bond donors (Lipinski definition) is 0. The van der Waals surface area contributed by atoms with Crippen LogP contribution in [0.15, 0.2) is 12.4 Å². The van der Waals surface area contributed by atoms with Gasteiger partial charge < -0.3 is 4.90 Å². The molecule has 1 amide bonds. The molecule has 84 valence electrons. The van der Waals surface area contributed by atoms with E-state index in [1.165, 1.54) is 4.90 Å². The molecule has 4 heteroatoms. The normalized spacial score (nSPS) is 11.6. The van der Waals surface area contributed by atoms with E-state index in [2.05, 4.69) is 6.58 Å². The van der Waals surface area contributed by atoms with Gasteiger partial charge in [0, 0.05) is 12.6 Å². The summed E-state index contributed by atoms with van der Waals surface area (Å²) in [5, 5.41) is 8.60. The van der Waals surface area contributed by atoms with E-state index in [4.69, 9.17) is 5.26 Å². The summed E-state index contributed by atoms with van der Waals surface area (Å²) in [5.74, 6) is -1.65. The highest BCUT2D eigenvalue weighted by Gasteiger charge is 2.23. The molecule has 0 aromatic rings. The summed E-state index contributed by atoms with van der Waals surface area (Å²) in [6, 6.07) is 1.79. The molecule has 15 heavy (non-hydrogen) atoms. The molecule has 0 saturated carbocycles. The molecular formula is C11H17FN2O. The molecule has 0 aromatic carbocycles. The van der Waals surface area contributed by atoms with Gasteiger partial charge in [-0.1, -0.05) is 20.4 Å². The molecular weight excluding hydrogens is 195 g/mol. The number of amides is 1. The topological polar surface area (TPSA) is 44.1 Å².